The van der Waals surface area contributed by atoms with Gasteiger partial charge in [0.2, 0.25) is 0 Å². The van der Waals surface area contributed by atoms with Gasteiger partial charge in [-0.3, -0.25) is 4.90 Å². The molecule has 1 atom stereocenters. The third-order valence-corrected chi connectivity index (χ3v) is 3.96. The Labute approximate surface area is 118 Å². The molecule has 0 amide bonds. The maximum atomic E-state index is 5.57. The van der Waals surface area contributed by atoms with Crippen molar-refractivity contribution in [3.63, 3.8) is 0 Å². The lowest BCUT2D eigenvalue weighted by molar-refractivity contribution is -0.0212. The van der Waals surface area contributed by atoms with Crippen molar-refractivity contribution in [2.75, 3.05) is 26.7 Å². The van der Waals surface area contributed by atoms with Crippen LogP contribution < -0.4 is 5.32 Å². The molecule has 1 fully saturated rings. The molecule has 0 aliphatic carbocycles. The SMILES string of the molecule is CNCc1ccc(CN2CCOC(C)C2)c(Br)c1. The molecule has 1 aromatic carbocycles. The number of rotatable bonds is 4. The summed E-state index contributed by atoms with van der Waals surface area (Å²) in [6, 6.07) is 6.62. The Morgan fingerprint density at radius 2 is 2.33 bits per heavy atom. The second-order valence-electron chi connectivity index (χ2n) is 4.87. The molecule has 100 valence electrons. The van der Waals surface area contributed by atoms with E-state index in [1.807, 2.05) is 7.05 Å². The molecule has 1 N–H and O–H groups in total. The van der Waals surface area contributed by atoms with Crippen molar-refractivity contribution in [1.82, 2.24) is 10.2 Å². The van der Waals surface area contributed by atoms with Crippen molar-refractivity contribution < 1.29 is 4.74 Å². The maximum Gasteiger partial charge on any atom is 0.0674 e. The van der Waals surface area contributed by atoms with E-state index in [-0.39, 0.29) is 0 Å². The van der Waals surface area contributed by atoms with Crippen molar-refractivity contribution in [3.05, 3.63) is 33.8 Å². The van der Waals surface area contributed by atoms with Gasteiger partial charge < -0.3 is 10.1 Å². The number of benzene rings is 1. The molecule has 0 radical (unpaired) electrons. The van der Waals surface area contributed by atoms with Crippen molar-refractivity contribution in [2.45, 2.75) is 26.1 Å². The van der Waals surface area contributed by atoms with Gasteiger partial charge in [0.1, 0.15) is 0 Å². The lowest BCUT2D eigenvalue weighted by Crippen LogP contribution is -2.40. The molecular formula is C14H21BrN2O. The van der Waals surface area contributed by atoms with Crippen molar-refractivity contribution in [3.8, 4) is 0 Å². The first kappa shape index (κ1) is 14.0. The van der Waals surface area contributed by atoms with E-state index in [0.717, 1.165) is 32.8 Å². The van der Waals surface area contributed by atoms with Gasteiger partial charge >= 0.3 is 0 Å². The molecule has 0 aromatic heterocycles. The van der Waals surface area contributed by atoms with Crippen LogP contribution >= 0.6 is 15.9 Å². The summed E-state index contributed by atoms with van der Waals surface area (Å²) < 4.78 is 6.77. The summed E-state index contributed by atoms with van der Waals surface area (Å²) in [5, 5.41) is 3.17. The molecule has 3 nitrogen and oxygen atoms in total. The Balaban J connectivity index is 2.00. The first-order valence-corrected chi connectivity index (χ1v) is 7.24. The van der Waals surface area contributed by atoms with E-state index >= 15 is 0 Å². The van der Waals surface area contributed by atoms with Crippen LogP contribution in [0.5, 0.6) is 0 Å². The smallest absolute Gasteiger partial charge is 0.0674 e. The second kappa shape index (κ2) is 6.66. The van der Waals surface area contributed by atoms with Gasteiger partial charge in [0.25, 0.3) is 0 Å². The summed E-state index contributed by atoms with van der Waals surface area (Å²) in [5.41, 5.74) is 2.66. The Bertz CT molecular complexity index is 397. The van der Waals surface area contributed by atoms with Crippen LogP contribution in [0.4, 0.5) is 0 Å². The molecule has 0 saturated carbocycles. The molecule has 4 heteroatoms. The van der Waals surface area contributed by atoms with E-state index in [1.54, 1.807) is 0 Å². The summed E-state index contributed by atoms with van der Waals surface area (Å²) in [6.45, 7) is 6.93. The van der Waals surface area contributed by atoms with Crippen LogP contribution in [0.2, 0.25) is 0 Å². The van der Waals surface area contributed by atoms with Gasteiger partial charge in [-0.25, -0.2) is 0 Å². The van der Waals surface area contributed by atoms with Gasteiger partial charge in [-0.15, -0.1) is 0 Å². The van der Waals surface area contributed by atoms with Crippen molar-refractivity contribution in [1.29, 1.82) is 0 Å². The van der Waals surface area contributed by atoms with E-state index in [9.17, 15) is 0 Å². The highest BCUT2D eigenvalue weighted by Gasteiger charge is 2.17. The summed E-state index contributed by atoms with van der Waals surface area (Å²) in [4.78, 5) is 2.45. The number of morpholine rings is 1. The van der Waals surface area contributed by atoms with E-state index in [1.165, 1.54) is 15.6 Å². The number of nitrogens with one attached hydrogen (secondary N) is 1. The average Bonchev–Trinajstić information content (AvgIpc) is 2.33. The predicted molar refractivity (Wildman–Crippen MR) is 77.6 cm³/mol. The highest BCUT2D eigenvalue weighted by Crippen LogP contribution is 2.21. The quantitative estimate of drug-likeness (QED) is 0.924. The van der Waals surface area contributed by atoms with Crippen LogP contribution in [0.15, 0.2) is 22.7 Å². The highest BCUT2D eigenvalue weighted by molar-refractivity contribution is 9.10. The van der Waals surface area contributed by atoms with Gasteiger partial charge in [0.15, 0.2) is 0 Å². The van der Waals surface area contributed by atoms with Gasteiger partial charge in [-0.05, 0) is 31.2 Å². The zero-order chi connectivity index (χ0) is 13.0. The monoisotopic (exact) mass is 312 g/mol. The van der Waals surface area contributed by atoms with Gasteiger partial charge in [0, 0.05) is 30.7 Å². The summed E-state index contributed by atoms with van der Waals surface area (Å²) >= 11 is 3.67. The fourth-order valence-corrected chi connectivity index (χ4v) is 2.86. The molecule has 1 aromatic rings. The molecule has 0 spiro atoms. The summed E-state index contributed by atoms with van der Waals surface area (Å²) in [6.07, 6.45) is 0.348. The van der Waals surface area contributed by atoms with Crippen LogP contribution in [0.25, 0.3) is 0 Å². The normalized spacial score (nSPS) is 21.2. The van der Waals surface area contributed by atoms with Gasteiger partial charge in [0.05, 0.1) is 12.7 Å². The lowest BCUT2D eigenvalue weighted by Gasteiger charge is -2.31. The number of halogens is 1. The van der Waals surface area contributed by atoms with E-state index in [4.69, 9.17) is 4.74 Å². The highest BCUT2D eigenvalue weighted by atomic mass is 79.9. The molecule has 1 aliphatic heterocycles. The van der Waals surface area contributed by atoms with Crippen LogP contribution in [-0.4, -0.2) is 37.7 Å². The van der Waals surface area contributed by atoms with Gasteiger partial charge in [-0.1, -0.05) is 28.1 Å². The minimum Gasteiger partial charge on any atom is -0.376 e. The van der Waals surface area contributed by atoms with Crippen LogP contribution in [0.3, 0.4) is 0 Å². The van der Waals surface area contributed by atoms with Crippen LogP contribution in [0, 0.1) is 0 Å². The zero-order valence-corrected chi connectivity index (χ0v) is 12.7. The molecular weight excluding hydrogens is 292 g/mol. The fourth-order valence-electron chi connectivity index (χ4n) is 2.31. The van der Waals surface area contributed by atoms with Crippen molar-refractivity contribution >= 4 is 15.9 Å². The molecule has 1 heterocycles. The van der Waals surface area contributed by atoms with Crippen LogP contribution in [0.1, 0.15) is 18.1 Å². The molecule has 1 saturated heterocycles. The van der Waals surface area contributed by atoms with E-state index in [0.29, 0.717) is 6.10 Å². The minimum atomic E-state index is 0.348. The minimum absolute atomic E-state index is 0.348. The summed E-state index contributed by atoms with van der Waals surface area (Å²) in [5.74, 6) is 0. The number of nitrogens with zero attached hydrogens (tertiary/aromatic N) is 1. The van der Waals surface area contributed by atoms with Gasteiger partial charge in [-0.2, -0.15) is 0 Å². The zero-order valence-electron chi connectivity index (χ0n) is 11.1. The maximum absolute atomic E-state index is 5.57. The van der Waals surface area contributed by atoms with E-state index in [2.05, 4.69) is 51.3 Å². The molecule has 1 unspecified atom stereocenters. The van der Waals surface area contributed by atoms with E-state index < -0.39 is 0 Å². The van der Waals surface area contributed by atoms with Crippen molar-refractivity contribution in [2.24, 2.45) is 0 Å². The predicted octanol–water partition coefficient (Wildman–Crippen LogP) is 2.39. The third kappa shape index (κ3) is 3.79. The Kier molecular flexibility index (Phi) is 5.18. The molecule has 0 bridgehead atoms. The van der Waals surface area contributed by atoms with Crippen LogP contribution in [-0.2, 0) is 17.8 Å². The topological polar surface area (TPSA) is 24.5 Å². The standard InChI is InChI=1S/C14H21BrN2O/c1-11-9-17(5-6-18-11)10-13-4-3-12(8-16-2)7-14(13)15/h3-4,7,11,16H,5-6,8-10H2,1-2H3. The first-order valence-electron chi connectivity index (χ1n) is 6.45. The Hall–Kier alpha value is -0.420. The molecule has 1 aliphatic rings. The average molecular weight is 313 g/mol. The Morgan fingerprint density at radius 3 is 3.00 bits per heavy atom. The lowest BCUT2D eigenvalue weighted by atomic mass is 10.1. The third-order valence-electron chi connectivity index (χ3n) is 3.22. The number of hydrogen-bond acceptors (Lipinski definition) is 3. The summed E-state index contributed by atoms with van der Waals surface area (Å²) in [7, 11) is 1.97. The molecule has 18 heavy (non-hydrogen) atoms. The Morgan fingerprint density at radius 1 is 1.50 bits per heavy atom. The number of hydrogen-bond donors (Lipinski definition) is 1. The fraction of sp³-hybridized carbons (Fsp3) is 0.571. The molecule has 2 rings (SSSR count). The largest absolute Gasteiger partial charge is 0.376 e. The second-order valence-corrected chi connectivity index (χ2v) is 5.73. The first-order chi connectivity index (χ1) is 8.69. The number of ether oxygens (including phenoxy) is 1.